The first-order valence-corrected chi connectivity index (χ1v) is 3.53. The minimum Gasteiger partial charge on any atom is -0.297 e. The molecule has 9 heteroatoms. The smallest absolute Gasteiger partial charge is 0.297 e. The summed E-state index contributed by atoms with van der Waals surface area (Å²) in [7, 11) is -5.28. The largest absolute Gasteiger partial charge is 0.548 e. The molecule has 0 saturated heterocycles. The molecule has 0 radical (unpaired) electrons. The van der Waals surface area contributed by atoms with Crippen molar-refractivity contribution in [3.63, 3.8) is 0 Å². The standard InChI is InChI=1S/CHClF2NO4P/c2-1(3)5-8-9-10(4,6)7/h(H,6,7)/b5-1-. The zero-order valence-corrected chi connectivity index (χ0v) is 5.85. The second-order valence-corrected chi connectivity index (χ2v) is 2.30. The first kappa shape index (κ1) is 9.77. The van der Waals surface area contributed by atoms with Gasteiger partial charge in [-0.25, -0.2) is 9.55 Å². The van der Waals surface area contributed by atoms with Crippen LogP contribution < -0.4 is 0 Å². The predicted molar refractivity (Wildman–Crippen MR) is 27.5 cm³/mol. The average Bonchev–Trinajstić information content (AvgIpc) is 1.59. The third kappa shape index (κ3) is 7.77. The van der Waals surface area contributed by atoms with Crippen LogP contribution in [0.5, 0.6) is 0 Å². The maximum Gasteiger partial charge on any atom is 0.548 e. The van der Waals surface area contributed by atoms with Gasteiger partial charge in [-0.3, -0.25) is 4.89 Å². The van der Waals surface area contributed by atoms with Gasteiger partial charge in [0.1, 0.15) is 0 Å². The van der Waals surface area contributed by atoms with Crippen LogP contribution >= 0.6 is 19.5 Å². The van der Waals surface area contributed by atoms with Crippen LogP contribution in [0.15, 0.2) is 5.16 Å². The number of hydrogen-bond acceptors (Lipinski definition) is 4. The van der Waals surface area contributed by atoms with Crippen molar-refractivity contribution in [2.45, 2.75) is 0 Å². The second kappa shape index (κ2) is 3.82. The highest BCUT2D eigenvalue weighted by Crippen LogP contribution is 2.43. The van der Waals surface area contributed by atoms with Crippen molar-refractivity contribution in [2.24, 2.45) is 5.16 Å². The molecule has 10 heavy (non-hydrogen) atoms. The van der Waals surface area contributed by atoms with Crippen molar-refractivity contribution >= 4 is 24.9 Å². The summed E-state index contributed by atoms with van der Waals surface area (Å²) in [4.78, 5) is 10.8. The van der Waals surface area contributed by atoms with Gasteiger partial charge < -0.3 is 0 Å². The molecule has 0 aromatic rings. The van der Waals surface area contributed by atoms with E-state index in [1.54, 1.807) is 0 Å². The van der Waals surface area contributed by atoms with E-state index in [0.29, 0.717) is 0 Å². The molecule has 1 N–H and O–H groups in total. The molecule has 0 saturated carbocycles. The average molecular weight is 195 g/mol. The van der Waals surface area contributed by atoms with Crippen LogP contribution in [-0.2, 0) is 14.2 Å². The summed E-state index contributed by atoms with van der Waals surface area (Å²) >= 11 is 4.39. The molecule has 0 spiro atoms. The summed E-state index contributed by atoms with van der Waals surface area (Å²) in [5.41, 5.74) is -1.59. The van der Waals surface area contributed by atoms with E-state index in [-0.39, 0.29) is 0 Å². The van der Waals surface area contributed by atoms with Crippen LogP contribution in [-0.4, -0.2) is 10.3 Å². The molecule has 0 aromatic heterocycles. The maximum absolute atomic E-state index is 11.4. The quantitative estimate of drug-likeness (QED) is 0.321. The lowest BCUT2D eigenvalue weighted by molar-refractivity contribution is -0.219. The van der Waals surface area contributed by atoms with Crippen molar-refractivity contribution < 1.29 is 27.7 Å². The van der Waals surface area contributed by atoms with E-state index < -0.39 is 13.3 Å². The van der Waals surface area contributed by atoms with E-state index in [1.165, 1.54) is 0 Å². The number of nitrogens with zero attached hydrogens (tertiary/aromatic N) is 1. The van der Waals surface area contributed by atoms with Crippen molar-refractivity contribution in [1.29, 1.82) is 0 Å². The van der Waals surface area contributed by atoms with Crippen LogP contribution in [0.2, 0.25) is 0 Å². The topological polar surface area (TPSA) is 68.1 Å². The molecular weight excluding hydrogens is 194 g/mol. The summed E-state index contributed by atoms with van der Waals surface area (Å²) < 4.78 is 35.1. The third-order valence-corrected chi connectivity index (χ3v) is 0.551. The Morgan fingerprint density at radius 3 is 2.60 bits per heavy atom. The van der Waals surface area contributed by atoms with Crippen molar-refractivity contribution in [1.82, 2.24) is 0 Å². The van der Waals surface area contributed by atoms with Gasteiger partial charge >= 0.3 is 13.3 Å². The van der Waals surface area contributed by atoms with Gasteiger partial charge in [0, 0.05) is 5.16 Å². The summed E-state index contributed by atoms with van der Waals surface area (Å²) in [5.74, 6) is 0. The van der Waals surface area contributed by atoms with Gasteiger partial charge in [0.05, 0.1) is 0 Å². The predicted octanol–water partition coefficient (Wildman–Crippen LogP) is 1.48. The zero-order chi connectivity index (χ0) is 8.20. The van der Waals surface area contributed by atoms with E-state index in [0.717, 1.165) is 0 Å². The molecule has 0 bridgehead atoms. The fourth-order valence-electron chi connectivity index (χ4n) is 0.0860. The lowest BCUT2D eigenvalue weighted by Gasteiger charge is -1.94. The Bertz CT molecular complexity index is 174. The van der Waals surface area contributed by atoms with Crippen LogP contribution in [0, 0.1) is 0 Å². The van der Waals surface area contributed by atoms with Crippen molar-refractivity contribution in [2.75, 3.05) is 0 Å². The van der Waals surface area contributed by atoms with E-state index in [1.807, 2.05) is 0 Å². The highest BCUT2D eigenvalue weighted by molar-refractivity contribution is 7.46. The molecule has 0 aliphatic rings. The molecule has 1 unspecified atom stereocenters. The number of oxime groups is 1. The minimum atomic E-state index is -5.28. The Hall–Kier alpha value is -0.230. The number of hydrogen-bond donors (Lipinski definition) is 1. The Labute approximate surface area is 58.8 Å². The molecule has 0 aromatic carbocycles. The van der Waals surface area contributed by atoms with Gasteiger partial charge in [-0.2, -0.15) is 4.39 Å². The SMILES string of the molecule is O=P(O)(F)OO/N=C(\F)Cl. The summed E-state index contributed by atoms with van der Waals surface area (Å²) in [6.45, 7) is 0. The molecule has 5 nitrogen and oxygen atoms in total. The molecule has 0 rings (SSSR count). The molecular formula is CHClF2NO4P. The van der Waals surface area contributed by atoms with Crippen molar-refractivity contribution in [3.05, 3.63) is 0 Å². The Kier molecular flexibility index (Phi) is 3.73. The van der Waals surface area contributed by atoms with Crippen LogP contribution in [0.25, 0.3) is 0 Å². The number of halogens is 3. The molecule has 0 amide bonds. The fourth-order valence-corrected chi connectivity index (χ4v) is 0.230. The minimum absolute atomic E-state index is 1.59. The zero-order valence-electron chi connectivity index (χ0n) is 4.20. The van der Waals surface area contributed by atoms with E-state index >= 15 is 0 Å². The van der Waals surface area contributed by atoms with Crippen molar-refractivity contribution in [3.8, 4) is 0 Å². The normalized spacial score (nSPS) is 18.2. The molecule has 0 aliphatic carbocycles. The first-order chi connectivity index (χ1) is 4.42. The van der Waals surface area contributed by atoms with Crippen LogP contribution in [0.3, 0.4) is 0 Å². The molecule has 60 valence electrons. The fraction of sp³-hybridized carbons (Fsp3) is 0. The summed E-state index contributed by atoms with van der Waals surface area (Å²) in [6.07, 6.45) is 0. The van der Waals surface area contributed by atoms with Crippen LogP contribution in [0.4, 0.5) is 8.59 Å². The molecule has 1 atom stereocenters. The summed E-state index contributed by atoms with van der Waals surface area (Å²) in [6, 6.07) is 0. The third-order valence-electron chi connectivity index (χ3n) is 0.232. The monoisotopic (exact) mass is 195 g/mol. The Balaban J connectivity index is 3.58. The molecule has 0 heterocycles. The first-order valence-electron chi connectivity index (χ1n) is 1.68. The molecule has 0 aliphatic heterocycles. The van der Waals surface area contributed by atoms with Gasteiger partial charge in [-0.15, -0.1) is 4.20 Å². The second-order valence-electron chi connectivity index (χ2n) is 0.932. The van der Waals surface area contributed by atoms with Gasteiger partial charge in [0.25, 0.3) is 0 Å². The van der Waals surface area contributed by atoms with E-state index in [9.17, 15) is 13.2 Å². The van der Waals surface area contributed by atoms with Gasteiger partial charge in [0.15, 0.2) is 0 Å². The lowest BCUT2D eigenvalue weighted by Crippen LogP contribution is -1.83. The Morgan fingerprint density at radius 2 is 2.30 bits per heavy atom. The maximum atomic E-state index is 11.4. The Morgan fingerprint density at radius 1 is 1.80 bits per heavy atom. The highest BCUT2D eigenvalue weighted by Gasteiger charge is 2.19. The molecule has 0 fully saturated rings. The van der Waals surface area contributed by atoms with Gasteiger partial charge in [0.2, 0.25) is 0 Å². The van der Waals surface area contributed by atoms with E-state index in [4.69, 9.17) is 4.89 Å². The highest BCUT2D eigenvalue weighted by atomic mass is 35.5. The van der Waals surface area contributed by atoms with Crippen LogP contribution in [0.1, 0.15) is 0 Å². The van der Waals surface area contributed by atoms with Gasteiger partial charge in [-0.05, 0) is 16.3 Å². The summed E-state index contributed by atoms with van der Waals surface area (Å²) in [5, 5.41) is 2.13. The van der Waals surface area contributed by atoms with E-state index in [2.05, 4.69) is 26.4 Å². The number of rotatable bonds is 3. The lowest BCUT2D eigenvalue weighted by atomic mass is 11.6. The van der Waals surface area contributed by atoms with Gasteiger partial charge in [-0.1, -0.05) is 0 Å².